The van der Waals surface area contributed by atoms with Crippen LogP contribution in [0.2, 0.25) is 0 Å². The molecule has 1 fully saturated rings. The molecule has 118 valence electrons. The van der Waals surface area contributed by atoms with E-state index < -0.39 is 6.61 Å². The molecule has 1 aromatic rings. The van der Waals surface area contributed by atoms with E-state index in [1.807, 2.05) is 11.9 Å². The molecule has 0 radical (unpaired) electrons. The van der Waals surface area contributed by atoms with Gasteiger partial charge < -0.3 is 15.4 Å². The number of alkyl halides is 2. The second kappa shape index (κ2) is 8.35. The van der Waals surface area contributed by atoms with Crippen molar-refractivity contribution in [3.05, 3.63) is 29.8 Å². The highest BCUT2D eigenvalue weighted by molar-refractivity contribution is 14.0. The van der Waals surface area contributed by atoms with Crippen LogP contribution < -0.4 is 10.5 Å². The van der Waals surface area contributed by atoms with E-state index in [1.54, 1.807) is 18.2 Å². The minimum Gasteiger partial charge on any atom is -0.435 e. The molecule has 1 saturated carbocycles. The Morgan fingerprint density at radius 1 is 1.43 bits per heavy atom. The molecule has 0 saturated heterocycles. The summed E-state index contributed by atoms with van der Waals surface area (Å²) in [5, 5.41) is 0. The van der Waals surface area contributed by atoms with Crippen molar-refractivity contribution in [1.82, 2.24) is 4.90 Å². The van der Waals surface area contributed by atoms with Gasteiger partial charge in [-0.1, -0.05) is 18.2 Å². The van der Waals surface area contributed by atoms with E-state index in [4.69, 9.17) is 5.73 Å². The third-order valence-electron chi connectivity index (χ3n) is 3.30. The maximum Gasteiger partial charge on any atom is 0.387 e. The van der Waals surface area contributed by atoms with Gasteiger partial charge in [0.05, 0.1) is 0 Å². The SMILES string of the molecule is CN(C(N)=NCCc1ccccc1OC(F)F)C1CC1.I. The van der Waals surface area contributed by atoms with Gasteiger partial charge >= 0.3 is 6.61 Å². The van der Waals surface area contributed by atoms with Crippen LogP contribution in [0.5, 0.6) is 5.75 Å². The van der Waals surface area contributed by atoms with Crippen LogP contribution in [0.15, 0.2) is 29.3 Å². The lowest BCUT2D eigenvalue weighted by Crippen LogP contribution is -2.35. The number of hydrogen-bond acceptors (Lipinski definition) is 2. The summed E-state index contributed by atoms with van der Waals surface area (Å²) >= 11 is 0. The second-order valence-corrected chi connectivity index (χ2v) is 4.82. The minimum absolute atomic E-state index is 0. The van der Waals surface area contributed by atoms with Gasteiger partial charge in [-0.3, -0.25) is 4.99 Å². The summed E-state index contributed by atoms with van der Waals surface area (Å²) in [6.45, 7) is -2.36. The minimum atomic E-state index is -2.81. The lowest BCUT2D eigenvalue weighted by Gasteiger charge is -2.17. The van der Waals surface area contributed by atoms with Gasteiger partial charge in [0.25, 0.3) is 0 Å². The topological polar surface area (TPSA) is 50.8 Å². The molecule has 0 aliphatic heterocycles. The molecule has 1 aromatic carbocycles. The van der Waals surface area contributed by atoms with Crippen molar-refractivity contribution in [2.75, 3.05) is 13.6 Å². The number of halogens is 3. The lowest BCUT2D eigenvalue weighted by atomic mass is 10.1. The van der Waals surface area contributed by atoms with Crippen molar-refractivity contribution in [3.63, 3.8) is 0 Å². The first-order valence-electron chi connectivity index (χ1n) is 6.63. The Hall–Kier alpha value is -1.12. The Morgan fingerprint density at radius 2 is 2.10 bits per heavy atom. The molecule has 2 rings (SSSR count). The predicted octanol–water partition coefficient (Wildman–Crippen LogP) is 2.86. The number of rotatable bonds is 6. The Bertz CT molecular complexity index is 481. The van der Waals surface area contributed by atoms with E-state index in [0.717, 1.165) is 12.8 Å². The zero-order valence-electron chi connectivity index (χ0n) is 11.8. The first-order chi connectivity index (χ1) is 9.58. The van der Waals surface area contributed by atoms with Gasteiger partial charge in [0.15, 0.2) is 5.96 Å². The molecule has 0 amide bonds. The van der Waals surface area contributed by atoms with Crippen LogP contribution in [0, 0.1) is 0 Å². The summed E-state index contributed by atoms with van der Waals surface area (Å²) in [5.41, 5.74) is 6.57. The molecule has 4 nitrogen and oxygen atoms in total. The number of para-hydroxylation sites is 1. The summed E-state index contributed by atoms with van der Waals surface area (Å²) in [6.07, 6.45) is 2.82. The van der Waals surface area contributed by atoms with Crippen molar-refractivity contribution in [3.8, 4) is 5.75 Å². The Kier molecular flexibility index (Phi) is 7.13. The van der Waals surface area contributed by atoms with Gasteiger partial charge in [0.2, 0.25) is 0 Å². The van der Waals surface area contributed by atoms with Crippen molar-refractivity contribution < 1.29 is 13.5 Å². The van der Waals surface area contributed by atoms with E-state index in [9.17, 15) is 8.78 Å². The van der Waals surface area contributed by atoms with Crippen LogP contribution in [0.4, 0.5) is 8.78 Å². The van der Waals surface area contributed by atoms with Gasteiger partial charge in [-0.25, -0.2) is 0 Å². The highest BCUT2D eigenvalue weighted by Crippen LogP contribution is 2.25. The fraction of sp³-hybridized carbons (Fsp3) is 0.500. The van der Waals surface area contributed by atoms with Gasteiger partial charge in [-0.05, 0) is 30.9 Å². The third-order valence-corrected chi connectivity index (χ3v) is 3.30. The summed E-state index contributed by atoms with van der Waals surface area (Å²) in [6, 6.07) is 7.25. The molecule has 0 heterocycles. The smallest absolute Gasteiger partial charge is 0.387 e. The Balaban J connectivity index is 0.00000220. The second-order valence-electron chi connectivity index (χ2n) is 4.82. The third kappa shape index (κ3) is 5.64. The van der Waals surface area contributed by atoms with Gasteiger partial charge in [-0.15, -0.1) is 24.0 Å². The quantitative estimate of drug-likeness (QED) is 0.445. The number of aliphatic imine (C=N–C) groups is 1. The van der Waals surface area contributed by atoms with Crippen LogP contribution >= 0.6 is 24.0 Å². The molecular formula is C14H20F2IN3O. The normalized spacial score (nSPS) is 14.8. The number of guanidine groups is 1. The fourth-order valence-electron chi connectivity index (χ4n) is 1.97. The summed E-state index contributed by atoms with van der Waals surface area (Å²) in [4.78, 5) is 6.24. The highest BCUT2D eigenvalue weighted by Gasteiger charge is 2.27. The van der Waals surface area contributed by atoms with E-state index >= 15 is 0 Å². The molecule has 21 heavy (non-hydrogen) atoms. The number of hydrogen-bond donors (Lipinski definition) is 1. The lowest BCUT2D eigenvalue weighted by molar-refractivity contribution is -0.0504. The molecule has 1 aliphatic rings. The van der Waals surface area contributed by atoms with E-state index in [0.29, 0.717) is 30.5 Å². The zero-order valence-corrected chi connectivity index (χ0v) is 14.2. The number of nitrogens with two attached hydrogens (primary N) is 1. The van der Waals surface area contributed by atoms with E-state index in [2.05, 4.69) is 9.73 Å². The zero-order chi connectivity index (χ0) is 14.5. The first-order valence-corrected chi connectivity index (χ1v) is 6.63. The number of nitrogens with zero attached hydrogens (tertiary/aromatic N) is 2. The van der Waals surface area contributed by atoms with E-state index in [-0.39, 0.29) is 29.7 Å². The summed E-state index contributed by atoms with van der Waals surface area (Å²) in [5.74, 6) is 0.701. The van der Waals surface area contributed by atoms with Crippen molar-refractivity contribution >= 4 is 29.9 Å². The molecule has 0 unspecified atom stereocenters. The average molecular weight is 411 g/mol. The maximum absolute atomic E-state index is 12.3. The highest BCUT2D eigenvalue weighted by atomic mass is 127. The summed E-state index contributed by atoms with van der Waals surface area (Å²) < 4.78 is 29.0. The van der Waals surface area contributed by atoms with E-state index in [1.165, 1.54) is 6.07 Å². The predicted molar refractivity (Wildman–Crippen MR) is 89.5 cm³/mol. The van der Waals surface area contributed by atoms with Crippen molar-refractivity contribution in [2.45, 2.75) is 31.9 Å². The maximum atomic E-state index is 12.3. The van der Waals surface area contributed by atoms with Crippen LogP contribution in [-0.4, -0.2) is 37.1 Å². The largest absolute Gasteiger partial charge is 0.435 e. The summed E-state index contributed by atoms with van der Waals surface area (Å²) in [7, 11) is 1.92. The average Bonchev–Trinajstić information content (AvgIpc) is 3.23. The van der Waals surface area contributed by atoms with Crippen LogP contribution in [0.25, 0.3) is 0 Å². The van der Waals surface area contributed by atoms with Gasteiger partial charge in [-0.2, -0.15) is 8.78 Å². The molecular weight excluding hydrogens is 391 g/mol. The molecule has 0 atom stereocenters. The molecule has 7 heteroatoms. The van der Waals surface area contributed by atoms with Gasteiger partial charge in [0.1, 0.15) is 5.75 Å². The molecule has 0 aromatic heterocycles. The van der Waals surface area contributed by atoms with Crippen LogP contribution in [-0.2, 0) is 6.42 Å². The fourth-order valence-corrected chi connectivity index (χ4v) is 1.97. The van der Waals surface area contributed by atoms with Crippen molar-refractivity contribution in [1.29, 1.82) is 0 Å². The Morgan fingerprint density at radius 3 is 2.71 bits per heavy atom. The molecule has 0 spiro atoms. The number of benzene rings is 1. The Labute approximate surface area is 140 Å². The number of ether oxygens (including phenoxy) is 1. The van der Waals surface area contributed by atoms with Crippen LogP contribution in [0.3, 0.4) is 0 Å². The molecule has 2 N–H and O–H groups in total. The molecule has 1 aliphatic carbocycles. The monoisotopic (exact) mass is 411 g/mol. The first kappa shape index (κ1) is 17.9. The molecule has 0 bridgehead atoms. The standard InChI is InChI=1S/C14H19F2N3O.HI/c1-19(11-6-7-11)14(17)18-9-8-10-4-2-3-5-12(10)20-13(15)16;/h2-5,11,13H,6-9H2,1H3,(H2,17,18);1H. The van der Waals surface area contributed by atoms with Crippen molar-refractivity contribution in [2.24, 2.45) is 10.7 Å². The van der Waals surface area contributed by atoms with Gasteiger partial charge in [0, 0.05) is 19.6 Å². The van der Waals surface area contributed by atoms with Crippen LogP contribution in [0.1, 0.15) is 18.4 Å².